The van der Waals surface area contributed by atoms with Crippen LogP contribution < -0.4 is 19.6 Å². The molecule has 0 aliphatic carbocycles. The van der Waals surface area contributed by atoms with Gasteiger partial charge in [-0.15, -0.1) is 11.3 Å². The van der Waals surface area contributed by atoms with E-state index >= 15 is 0 Å². The molecule has 32 heavy (non-hydrogen) atoms. The third-order valence-corrected chi connectivity index (χ3v) is 7.18. The molecular formula is C23H21BrN2O4S2. The van der Waals surface area contributed by atoms with Crippen molar-refractivity contribution in [2.75, 3.05) is 7.11 Å². The van der Waals surface area contributed by atoms with Gasteiger partial charge in [0.15, 0.2) is 4.80 Å². The van der Waals surface area contributed by atoms with Crippen LogP contribution in [-0.2, 0) is 9.53 Å². The van der Waals surface area contributed by atoms with Gasteiger partial charge in [-0.25, -0.2) is 9.79 Å². The third-order valence-electron chi connectivity index (χ3n) is 4.89. The zero-order valence-corrected chi connectivity index (χ0v) is 21.1. The van der Waals surface area contributed by atoms with Crippen molar-refractivity contribution in [2.45, 2.75) is 32.9 Å². The number of allylic oxidation sites excluding steroid dienone is 1. The van der Waals surface area contributed by atoms with Crippen LogP contribution in [0.3, 0.4) is 0 Å². The van der Waals surface area contributed by atoms with Gasteiger partial charge in [0.2, 0.25) is 0 Å². The van der Waals surface area contributed by atoms with Crippen molar-refractivity contribution in [3.63, 3.8) is 0 Å². The first-order chi connectivity index (χ1) is 15.3. The summed E-state index contributed by atoms with van der Waals surface area (Å²) in [6, 6.07) is 8.69. The van der Waals surface area contributed by atoms with Crippen molar-refractivity contribution >= 4 is 50.6 Å². The normalized spacial score (nSPS) is 16.2. The van der Waals surface area contributed by atoms with Crippen molar-refractivity contribution in [2.24, 2.45) is 4.99 Å². The average Bonchev–Trinajstić information content (AvgIpc) is 3.35. The topological polar surface area (TPSA) is 69.9 Å². The maximum atomic E-state index is 13.6. The molecule has 0 unspecified atom stereocenters. The molecule has 1 aromatic carbocycles. The molecule has 9 heteroatoms. The minimum absolute atomic E-state index is 0.212. The summed E-state index contributed by atoms with van der Waals surface area (Å²) in [5.41, 5.74) is 1.31. The first-order valence-electron chi connectivity index (χ1n) is 9.90. The summed E-state index contributed by atoms with van der Waals surface area (Å²) in [7, 11) is 1.57. The van der Waals surface area contributed by atoms with E-state index in [9.17, 15) is 9.59 Å². The van der Waals surface area contributed by atoms with E-state index in [2.05, 4.69) is 20.9 Å². The Kier molecular flexibility index (Phi) is 6.50. The average molecular weight is 533 g/mol. The molecule has 0 amide bonds. The SMILES string of the molecule is COc1ccc(Br)cc1[C@@H]1C(C(=O)OC(C)C)=C(C)N=c2s/c(=C\c3cccs3)c(=O)n21. The predicted octanol–water partition coefficient (Wildman–Crippen LogP) is 4.02. The monoisotopic (exact) mass is 532 g/mol. The van der Waals surface area contributed by atoms with Crippen LogP contribution >= 0.6 is 38.6 Å². The van der Waals surface area contributed by atoms with Crippen LogP contribution in [0.1, 0.15) is 37.3 Å². The minimum atomic E-state index is -0.726. The number of carbonyl (C=O) groups is 1. The van der Waals surface area contributed by atoms with Gasteiger partial charge in [-0.2, -0.15) is 0 Å². The van der Waals surface area contributed by atoms with Crippen LogP contribution in [0.25, 0.3) is 6.08 Å². The summed E-state index contributed by atoms with van der Waals surface area (Å²) in [6.45, 7) is 5.35. The molecule has 0 radical (unpaired) electrons. The van der Waals surface area contributed by atoms with E-state index < -0.39 is 12.0 Å². The highest BCUT2D eigenvalue weighted by Gasteiger charge is 2.35. The molecule has 1 atom stereocenters. The molecule has 6 nitrogen and oxygen atoms in total. The van der Waals surface area contributed by atoms with Crippen molar-refractivity contribution in [1.82, 2.24) is 4.57 Å². The molecule has 2 aromatic heterocycles. The standard InChI is InChI=1S/C23H21BrN2O4S2/c1-12(2)30-22(28)19-13(3)25-23-26(20(19)16-10-14(24)7-8-17(16)29-4)21(27)18(32-23)11-15-6-5-9-31-15/h5-12,20H,1-4H3/b18-11-/t20-/m1/s1. The molecule has 4 rings (SSSR count). The Bertz CT molecular complexity index is 1380. The number of rotatable bonds is 5. The molecule has 166 valence electrons. The van der Waals surface area contributed by atoms with Crippen molar-refractivity contribution in [3.8, 4) is 5.75 Å². The number of thiazole rings is 1. The number of hydrogen-bond acceptors (Lipinski definition) is 7. The molecule has 0 saturated carbocycles. The zero-order chi connectivity index (χ0) is 23.0. The molecule has 3 aromatic rings. The number of nitrogens with zero attached hydrogens (tertiary/aromatic N) is 2. The molecule has 0 fully saturated rings. The van der Waals surface area contributed by atoms with Gasteiger partial charge in [-0.1, -0.05) is 33.3 Å². The number of methoxy groups -OCH3 is 1. The maximum absolute atomic E-state index is 13.6. The molecular weight excluding hydrogens is 512 g/mol. The predicted molar refractivity (Wildman–Crippen MR) is 130 cm³/mol. The molecule has 1 aliphatic rings. The first kappa shape index (κ1) is 22.7. The second-order valence-corrected chi connectivity index (χ2v) is 10.3. The highest BCUT2D eigenvalue weighted by molar-refractivity contribution is 9.10. The molecule has 0 bridgehead atoms. The number of benzene rings is 1. The van der Waals surface area contributed by atoms with Crippen LogP contribution in [0, 0.1) is 0 Å². The van der Waals surface area contributed by atoms with Crippen molar-refractivity contribution in [3.05, 3.63) is 81.6 Å². The lowest BCUT2D eigenvalue weighted by Gasteiger charge is -2.26. The summed E-state index contributed by atoms with van der Waals surface area (Å²) in [5.74, 6) is 0.0661. The van der Waals surface area contributed by atoms with Gasteiger partial charge in [0.25, 0.3) is 5.56 Å². The Balaban J connectivity index is 2.02. The van der Waals surface area contributed by atoms with E-state index in [4.69, 9.17) is 9.47 Å². The van der Waals surface area contributed by atoms with Gasteiger partial charge < -0.3 is 9.47 Å². The number of esters is 1. The summed E-state index contributed by atoms with van der Waals surface area (Å²) in [6.07, 6.45) is 1.55. The molecule has 0 saturated heterocycles. The van der Waals surface area contributed by atoms with Crippen LogP contribution in [0.2, 0.25) is 0 Å². The zero-order valence-electron chi connectivity index (χ0n) is 17.9. The Morgan fingerprint density at radius 3 is 2.75 bits per heavy atom. The quantitative estimate of drug-likeness (QED) is 0.465. The summed E-state index contributed by atoms with van der Waals surface area (Å²) in [4.78, 5) is 32.8. The Labute approximate surface area is 201 Å². The highest BCUT2D eigenvalue weighted by Crippen LogP contribution is 2.37. The van der Waals surface area contributed by atoms with E-state index in [1.807, 2.05) is 41.8 Å². The van der Waals surface area contributed by atoms with Gasteiger partial charge >= 0.3 is 5.97 Å². The minimum Gasteiger partial charge on any atom is -0.496 e. The summed E-state index contributed by atoms with van der Waals surface area (Å²) < 4.78 is 14.1. The van der Waals surface area contributed by atoms with E-state index in [-0.39, 0.29) is 11.7 Å². The Hall–Kier alpha value is -2.49. The van der Waals surface area contributed by atoms with E-state index in [0.29, 0.717) is 31.9 Å². The van der Waals surface area contributed by atoms with Gasteiger partial charge in [-0.05, 0) is 56.5 Å². The Morgan fingerprint density at radius 2 is 2.09 bits per heavy atom. The van der Waals surface area contributed by atoms with E-state index in [1.165, 1.54) is 11.3 Å². The molecule has 3 heterocycles. The summed E-state index contributed by atoms with van der Waals surface area (Å²) in [5, 5.41) is 1.96. The smallest absolute Gasteiger partial charge is 0.338 e. The van der Waals surface area contributed by atoms with E-state index in [1.54, 1.807) is 43.8 Å². The van der Waals surface area contributed by atoms with Crippen LogP contribution in [0.15, 0.2) is 61.2 Å². The maximum Gasteiger partial charge on any atom is 0.338 e. The molecule has 0 N–H and O–H groups in total. The number of aromatic nitrogens is 1. The molecule has 0 spiro atoms. The number of ether oxygens (including phenoxy) is 2. The lowest BCUT2D eigenvalue weighted by molar-refractivity contribution is -0.143. The largest absolute Gasteiger partial charge is 0.496 e. The van der Waals surface area contributed by atoms with Crippen LogP contribution in [-0.4, -0.2) is 23.8 Å². The number of hydrogen-bond donors (Lipinski definition) is 0. The van der Waals surface area contributed by atoms with Gasteiger partial charge in [0, 0.05) is 14.9 Å². The second-order valence-electron chi connectivity index (χ2n) is 7.44. The van der Waals surface area contributed by atoms with Crippen LogP contribution in [0.4, 0.5) is 0 Å². The van der Waals surface area contributed by atoms with Gasteiger partial charge in [0.1, 0.15) is 11.8 Å². The number of halogens is 1. The van der Waals surface area contributed by atoms with Gasteiger partial charge in [0.05, 0.1) is 29.0 Å². The Morgan fingerprint density at radius 1 is 1.31 bits per heavy atom. The lowest BCUT2D eigenvalue weighted by Crippen LogP contribution is -2.40. The number of carbonyl (C=O) groups excluding carboxylic acids is 1. The van der Waals surface area contributed by atoms with E-state index in [0.717, 1.165) is 9.35 Å². The fourth-order valence-corrected chi connectivity index (χ4v) is 5.72. The fraction of sp³-hybridized carbons (Fsp3) is 0.261. The number of fused-ring (bicyclic) bond motifs is 1. The number of thiophene rings is 1. The third kappa shape index (κ3) is 4.24. The molecule has 1 aliphatic heterocycles. The van der Waals surface area contributed by atoms with Crippen molar-refractivity contribution < 1.29 is 14.3 Å². The first-order valence-corrected chi connectivity index (χ1v) is 12.4. The van der Waals surface area contributed by atoms with Crippen LogP contribution in [0.5, 0.6) is 5.75 Å². The summed E-state index contributed by atoms with van der Waals surface area (Å²) >= 11 is 6.36. The highest BCUT2D eigenvalue weighted by atomic mass is 79.9. The second kappa shape index (κ2) is 9.17. The van der Waals surface area contributed by atoms with Gasteiger partial charge in [-0.3, -0.25) is 9.36 Å². The lowest BCUT2D eigenvalue weighted by atomic mass is 9.95. The fourth-order valence-electron chi connectivity index (χ4n) is 3.58. The van der Waals surface area contributed by atoms with Crippen molar-refractivity contribution in [1.29, 1.82) is 0 Å².